The van der Waals surface area contributed by atoms with Crippen LogP contribution in [0.1, 0.15) is 0 Å². The third-order valence-corrected chi connectivity index (χ3v) is 3.21. The number of aromatic nitrogens is 1. The number of phenols is 1. The van der Waals surface area contributed by atoms with Gasteiger partial charge in [0.25, 0.3) is 5.69 Å². The van der Waals surface area contributed by atoms with Crippen LogP contribution in [0.4, 0.5) is 0 Å². The fourth-order valence-corrected chi connectivity index (χ4v) is 2.28. The Labute approximate surface area is 111 Å². The van der Waals surface area contributed by atoms with E-state index in [0.29, 0.717) is 27.1 Å². The van der Waals surface area contributed by atoms with Crippen LogP contribution in [0.3, 0.4) is 0 Å². The van der Waals surface area contributed by atoms with Crippen molar-refractivity contribution in [2.45, 2.75) is 0 Å². The number of phenolic OH excluding ortho intramolecular Hbond substituents is 1. The lowest BCUT2D eigenvalue weighted by atomic mass is 10.1. The third kappa shape index (κ3) is 1.64. The molecule has 0 atom stereocenters. The van der Waals surface area contributed by atoms with Crippen molar-refractivity contribution in [3.63, 3.8) is 0 Å². The molecule has 3 rings (SSSR count). The SMILES string of the molecule is [O-][n+]1oc2ccccc2c1-c1cc(Br)ccc1O. The molecule has 0 unspecified atom stereocenters. The summed E-state index contributed by atoms with van der Waals surface area (Å²) in [5, 5.41) is 22.4. The highest BCUT2D eigenvalue weighted by atomic mass is 79.9. The Morgan fingerprint density at radius 2 is 1.94 bits per heavy atom. The summed E-state index contributed by atoms with van der Waals surface area (Å²) >= 11 is 3.32. The van der Waals surface area contributed by atoms with Crippen molar-refractivity contribution in [2.75, 3.05) is 0 Å². The molecule has 0 amide bonds. The fourth-order valence-electron chi connectivity index (χ4n) is 1.92. The maximum absolute atomic E-state index is 11.8. The molecule has 0 saturated heterocycles. The average Bonchev–Trinajstić information content (AvgIpc) is 2.68. The highest BCUT2D eigenvalue weighted by Crippen LogP contribution is 2.34. The molecule has 3 aromatic rings. The zero-order valence-corrected chi connectivity index (χ0v) is 10.7. The average molecular weight is 306 g/mol. The van der Waals surface area contributed by atoms with Gasteiger partial charge in [-0.1, -0.05) is 28.1 Å². The number of hydrogen-bond donors (Lipinski definition) is 1. The summed E-state index contributed by atoms with van der Waals surface area (Å²) in [5.74, 6) is 0.0364. The van der Waals surface area contributed by atoms with Gasteiger partial charge in [0.15, 0.2) is 0 Å². The van der Waals surface area contributed by atoms with E-state index in [9.17, 15) is 10.3 Å². The summed E-state index contributed by atoms with van der Waals surface area (Å²) in [7, 11) is 0. The van der Waals surface area contributed by atoms with Crippen molar-refractivity contribution >= 4 is 26.9 Å². The molecule has 5 heteroatoms. The van der Waals surface area contributed by atoms with Crippen LogP contribution in [0, 0.1) is 5.21 Å². The quantitative estimate of drug-likeness (QED) is 0.702. The van der Waals surface area contributed by atoms with E-state index in [1.54, 1.807) is 30.3 Å². The van der Waals surface area contributed by atoms with Crippen molar-refractivity contribution in [3.8, 4) is 17.0 Å². The van der Waals surface area contributed by atoms with Gasteiger partial charge in [-0.25, -0.2) is 0 Å². The maximum Gasteiger partial charge on any atom is 0.288 e. The van der Waals surface area contributed by atoms with Gasteiger partial charge in [-0.2, -0.15) is 0 Å². The predicted molar refractivity (Wildman–Crippen MR) is 70.0 cm³/mol. The van der Waals surface area contributed by atoms with Crippen molar-refractivity contribution in [1.82, 2.24) is 0 Å². The van der Waals surface area contributed by atoms with Crippen molar-refractivity contribution in [2.24, 2.45) is 0 Å². The summed E-state index contributed by atoms with van der Waals surface area (Å²) in [4.78, 5) is 0.423. The van der Waals surface area contributed by atoms with Crippen LogP contribution in [0.15, 0.2) is 51.5 Å². The fraction of sp³-hybridized carbons (Fsp3) is 0. The molecule has 0 saturated carbocycles. The standard InChI is InChI=1S/C13H8BrNO3/c14-8-5-6-11(16)10(7-8)13-9-3-1-2-4-12(9)18-15(13)17/h1-7,16H. The van der Waals surface area contributed by atoms with Gasteiger partial charge in [-0.05, 0) is 30.3 Å². The summed E-state index contributed by atoms with van der Waals surface area (Å²) < 4.78 is 5.86. The van der Waals surface area contributed by atoms with Gasteiger partial charge in [-0.15, -0.1) is 0 Å². The number of halogens is 1. The molecule has 4 nitrogen and oxygen atoms in total. The molecule has 0 aliphatic heterocycles. The normalized spacial score (nSPS) is 10.9. The van der Waals surface area contributed by atoms with E-state index in [1.165, 1.54) is 6.07 Å². The van der Waals surface area contributed by atoms with E-state index in [0.717, 1.165) is 4.47 Å². The summed E-state index contributed by atoms with van der Waals surface area (Å²) in [5.41, 5.74) is 1.23. The van der Waals surface area contributed by atoms with E-state index in [-0.39, 0.29) is 5.75 Å². The molecule has 0 aliphatic carbocycles. The lowest BCUT2D eigenvalue weighted by Gasteiger charge is -2.00. The van der Waals surface area contributed by atoms with E-state index < -0.39 is 0 Å². The number of rotatable bonds is 1. The van der Waals surface area contributed by atoms with Crippen LogP contribution in [-0.4, -0.2) is 5.11 Å². The maximum atomic E-state index is 11.8. The minimum atomic E-state index is 0.0364. The lowest BCUT2D eigenvalue weighted by molar-refractivity contribution is -0.779. The van der Waals surface area contributed by atoms with Crippen LogP contribution in [-0.2, 0) is 0 Å². The molecule has 90 valence electrons. The van der Waals surface area contributed by atoms with Gasteiger partial charge in [-0.3, -0.25) is 5.21 Å². The molecule has 18 heavy (non-hydrogen) atoms. The first kappa shape index (κ1) is 11.1. The summed E-state index contributed by atoms with van der Waals surface area (Å²) in [6, 6.07) is 12.0. The van der Waals surface area contributed by atoms with Crippen LogP contribution in [0.25, 0.3) is 22.2 Å². The minimum Gasteiger partial charge on any atom is -0.507 e. The van der Waals surface area contributed by atoms with Crippen LogP contribution in [0.5, 0.6) is 5.75 Å². The van der Waals surface area contributed by atoms with Gasteiger partial charge < -0.3 is 9.63 Å². The highest BCUT2D eigenvalue weighted by molar-refractivity contribution is 9.10. The molecule has 1 aromatic heterocycles. The summed E-state index contributed by atoms with van der Waals surface area (Å²) in [6.45, 7) is 0. The topological polar surface area (TPSA) is 60.3 Å². The minimum absolute atomic E-state index is 0.0364. The van der Waals surface area contributed by atoms with Gasteiger partial charge >= 0.3 is 0 Å². The molecular weight excluding hydrogens is 298 g/mol. The molecule has 0 fully saturated rings. The Morgan fingerprint density at radius 1 is 1.17 bits per heavy atom. The van der Waals surface area contributed by atoms with E-state index in [4.69, 9.17) is 4.52 Å². The molecule has 1 N–H and O–H groups in total. The largest absolute Gasteiger partial charge is 0.507 e. The van der Waals surface area contributed by atoms with E-state index in [2.05, 4.69) is 15.9 Å². The lowest BCUT2D eigenvalue weighted by Crippen LogP contribution is -2.24. The van der Waals surface area contributed by atoms with Crippen molar-refractivity contribution in [1.29, 1.82) is 0 Å². The molecule has 0 bridgehead atoms. The molecular formula is C13H8BrNO3. The van der Waals surface area contributed by atoms with Crippen LogP contribution in [0.2, 0.25) is 0 Å². The molecule has 0 aliphatic rings. The number of hydrogen-bond acceptors (Lipinski definition) is 3. The smallest absolute Gasteiger partial charge is 0.288 e. The molecule has 0 spiro atoms. The van der Waals surface area contributed by atoms with Gasteiger partial charge in [0, 0.05) is 4.47 Å². The second-order valence-corrected chi connectivity index (χ2v) is 4.77. The van der Waals surface area contributed by atoms with Crippen LogP contribution < -0.4 is 4.90 Å². The first-order chi connectivity index (χ1) is 8.66. The van der Waals surface area contributed by atoms with Gasteiger partial charge in [0.05, 0.1) is 21.4 Å². The Hall–Kier alpha value is -2.01. The number of para-hydroxylation sites is 1. The third-order valence-electron chi connectivity index (χ3n) is 2.72. The summed E-state index contributed by atoms with van der Waals surface area (Å²) in [6.07, 6.45) is 0. The number of nitrogens with zero attached hydrogens (tertiary/aromatic N) is 1. The number of benzene rings is 2. The van der Waals surface area contributed by atoms with Gasteiger partial charge in [0.2, 0.25) is 0 Å². The first-order valence-electron chi connectivity index (χ1n) is 5.27. The van der Waals surface area contributed by atoms with Crippen molar-refractivity contribution in [3.05, 3.63) is 52.1 Å². The zero-order valence-electron chi connectivity index (χ0n) is 9.13. The number of aromatic hydroxyl groups is 1. The Morgan fingerprint density at radius 3 is 2.78 bits per heavy atom. The Bertz CT molecular complexity index is 736. The van der Waals surface area contributed by atoms with E-state index in [1.807, 2.05) is 6.07 Å². The zero-order chi connectivity index (χ0) is 12.7. The molecule has 2 aromatic carbocycles. The highest BCUT2D eigenvalue weighted by Gasteiger charge is 2.22. The second-order valence-electron chi connectivity index (χ2n) is 3.85. The first-order valence-corrected chi connectivity index (χ1v) is 6.06. The van der Waals surface area contributed by atoms with Crippen molar-refractivity contribution < 1.29 is 14.5 Å². The number of fused-ring (bicyclic) bond motifs is 1. The molecule has 0 radical (unpaired) electrons. The second kappa shape index (κ2) is 4.03. The van der Waals surface area contributed by atoms with Crippen LogP contribution >= 0.6 is 15.9 Å². The Kier molecular flexibility index (Phi) is 2.48. The monoisotopic (exact) mass is 305 g/mol. The Balaban J connectivity index is 2.37. The van der Waals surface area contributed by atoms with Gasteiger partial charge in [0.1, 0.15) is 5.75 Å². The predicted octanol–water partition coefficient (Wildman–Crippen LogP) is 3.20. The molecule has 1 heterocycles. The van der Waals surface area contributed by atoms with E-state index >= 15 is 0 Å².